The van der Waals surface area contributed by atoms with Crippen LogP contribution in [0.15, 0.2) is 71.8 Å². The van der Waals surface area contributed by atoms with E-state index < -0.39 is 5.91 Å². The lowest BCUT2D eigenvalue weighted by molar-refractivity contribution is 0.0953. The van der Waals surface area contributed by atoms with Crippen LogP contribution >= 0.6 is 0 Å². The molecule has 0 atom stereocenters. The van der Waals surface area contributed by atoms with Crippen molar-refractivity contribution in [3.8, 4) is 17.2 Å². The molecule has 0 aliphatic rings. The molecule has 0 saturated carbocycles. The number of fused-ring (bicyclic) bond motifs is 2. The second kappa shape index (κ2) is 10.5. The molecule has 0 unspecified atom stereocenters. The van der Waals surface area contributed by atoms with Crippen molar-refractivity contribution in [2.24, 2.45) is 5.10 Å². The number of carbonyl (C=O) groups is 1. The summed E-state index contributed by atoms with van der Waals surface area (Å²) in [4.78, 5) is 22.8. The molecule has 10 heteroatoms. The summed E-state index contributed by atoms with van der Waals surface area (Å²) in [7, 11) is 1.60. The summed E-state index contributed by atoms with van der Waals surface area (Å²) in [6.07, 6.45) is 1.55. The zero-order valence-electron chi connectivity index (χ0n) is 20.9. The van der Waals surface area contributed by atoms with Crippen LogP contribution in [0.5, 0.6) is 17.2 Å². The molecule has 0 aliphatic carbocycles. The maximum atomic E-state index is 13.4. The van der Waals surface area contributed by atoms with Gasteiger partial charge >= 0.3 is 0 Å². The van der Waals surface area contributed by atoms with E-state index in [1.807, 2.05) is 55.5 Å². The van der Waals surface area contributed by atoms with Crippen molar-refractivity contribution in [2.45, 2.75) is 13.5 Å². The minimum atomic E-state index is -0.398. The Kier molecular flexibility index (Phi) is 6.77. The maximum Gasteiger partial charge on any atom is 0.257 e. The second-order valence-corrected chi connectivity index (χ2v) is 8.39. The van der Waals surface area contributed by atoms with E-state index in [4.69, 9.17) is 25.2 Å². The average Bonchev–Trinajstić information content (AvgIpc) is 3.21. The molecule has 2 aromatic heterocycles. The highest BCUT2D eigenvalue weighted by atomic mass is 16.5. The van der Waals surface area contributed by atoms with Crippen LogP contribution in [-0.4, -0.2) is 45.6 Å². The molecule has 2 heterocycles. The number of para-hydroxylation sites is 2. The SMILES string of the molecule is CCOc1cc(/C=N\n2c(N)c(C(=O)NCc3ccc(OC)cc3)c3nc4ccccc4nc32)ccc1O. The number of methoxy groups -OCH3 is 1. The predicted molar refractivity (Wildman–Crippen MR) is 146 cm³/mol. The van der Waals surface area contributed by atoms with E-state index in [0.717, 1.165) is 11.3 Å². The number of phenols is 1. The number of nitrogen functional groups attached to an aromatic ring is 1. The summed E-state index contributed by atoms with van der Waals surface area (Å²) >= 11 is 0. The number of hydrogen-bond acceptors (Lipinski definition) is 8. The number of carbonyl (C=O) groups excluding carboxylic acids is 1. The Bertz CT molecular complexity index is 1660. The average molecular weight is 511 g/mol. The van der Waals surface area contributed by atoms with Gasteiger partial charge in [0, 0.05) is 6.54 Å². The normalized spacial score (nSPS) is 11.3. The zero-order valence-corrected chi connectivity index (χ0v) is 20.9. The number of amides is 1. The third-order valence-electron chi connectivity index (χ3n) is 5.92. The third kappa shape index (κ3) is 4.79. The Labute approximate surface area is 218 Å². The highest BCUT2D eigenvalue weighted by Gasteiger charge is 2.24. The fourth-order valence-electron chi connectivity index (χ4n) is 4.01. The molecule has 10 nitrogen and oxygen atoms in total. The molecule has 5 rings (SSSR count). The van der Waals surface area contributed by atoms with Crippen LogP contribution in [-0.2, 0) is 6.54 Å². The van der Waals surface area contributed by atoms with Crippen LogP contribution < -0.4 is 20.5 Å². The van der Waals surface area contributed by atoms with Gasteiger partial charge in [-0.15, -0.1) is 0 Å². The maximum absolute atomic E-state index is 13.4. The Hall–Kier alpha value is -5.12. The highest BCUT2D eigenvalue weighted by Crippen LogP contribution is 2.29. The lowest BCUT2D eigenvalue weighted by Gasteiger charge is -2.07. The summed E-state index contributed by atoms with van der Waals surface area (Å²) in [5.74, 6) is 0.802. The Morgan fingerprint density at radius 1 is 1.11 bits per heavy atom. The molecule has 0 fully saturated rings. The molecule has 0 spiro atoms. The van der Waals surface area contributed by atoms with Gasteiger partial charge < -0.3 is 25.6 Å². The number of hydrogen-bond donors (Lipinski definition) is 3. The smallest absolute Gasteiger partial charge is 0.257 e. The van der Waals surface area contributed by atoms with Crippen LogP contribution in [0.4, 0.5) is 5.82 Å². The largest absolute Gasteiger partial charge is 0.504 e. The van der Waals surface area contributed by atoms with E-state index >= 15 is 0 Å². The van der Waals surface area contributed by atoms with Crippen molar-refractivity contribution < 1.29 is 19.4 Å². The van der Waals surface area contributed by atoms with E-state index in [1.54, 1.807) is 25.5 Å². The molecule has 0 aliphatic heterocycles. The van der Waals surface area contributed by atoms with Crippen molar-refractivity contribution in [1.82, 2.24) is 20.0 Å². The molecule has 192 valence electrons. The standard InChI is InChI=1S/C28H26N6O4/c1-3-38-23-14-18(10-13-22(23)35)16-31-34-26(29)24(25-27(34)33-21-7-5-4-6-20(21)32-25)28(36)30-15-17-8-11-19(37-2)12-9-17/h4-14,16,35H,3,15,29H2,1-2H3,(H,30,36)/b31-16-. The van der Waals surface area contributed by atoms with Crippen LogP contribution in [0.1, 0.15) is 28.4 Å². The lowest BCUT2D eigenvalue weighted by Crippen LogP contribution is -2.23. The number of benzene rings is 3. The molecule has 4 N–H and O–H groups in total. The zero-order chi connectivity index (χ0) is 26.6. The summed E-state index contributed by atoms with van der Waals surface area (Å²) in [6, 6.07) is 19.6. The first-order valence-corrected chi connectivity index (χ1v) is 12.0. The van der Waals surface area contributed by atoms with Gasteiger partial charge in [-0.1, -0.05) is 24.3 Å². The fourth-order valence-corrected chi connectivity index (χ4v) is 4.01. The van der Waals surface area contributed by atoms with Gasteiger partial charge in [0.1, 0.15) is 22.6 Å². The quantitative estimate of drug-likeness (QED) is 0.267. The summed E-state index contributed by atoms with van der Waals surface area (Å²) < 4.78 is 12.0. The Balaban J connectivity index is 1.54. The van der Waals surface area contributed by atoms with E-state index in [1.165, 1.54) is 10.7 Å². The molecular weight excluding hydrogens is 484 g/mol. The van der Waals surface area contributed by atoms with Gasteiger partial charge in [-0.05, 0) is 60.5 Å². The number of nitrogens with zero attached hydrogens (tertiary/aromatic N) is 4. The minimum absolute atomic E-state index is 0.0306. The van der Waals surface area contributed by atoms with E-state index in [-0.39, 0.29) is 23.7 Å². The number of anilines is 1. The Morgan fingerprint density at radius 2 is 1.84 bits per heavy atom. The van der Waals surface area contributed by atoms with E-state index in [9.17, 15) is 9.90 Å². The summed E-state index contributed by atoms with van der Waals surface area (Å²) in [6.45, 7) is 2.52. The molecule has 0 saturated heterocycles. The summed E-state index contributed by atoms with van der Waals surface area (Å²) in [5.41, 5.74) is 10.2. The van der Waals surface area contributed by atoms with Crippen LogP contribution in [0.25, 0.3) is 22.2 Å². The second-order valence-electron chi connectivity index (χ2n) is 8.39. The number of ether oxygens (including phenoxy) is 2. The van der Waals surface area contributed by atoms with Crippen molar-refractivity contribution in [3.05, 3.63) is 83.4 Å². The molecule has 0 bridgehead atoms. The minimum Gasteiger partial charge on any atom is -0.504 e. The van der Waals surface area contributed by atoms with Crippen LogP contribution in [0.3, 0.4) is 0 Å². The van der Waals surface area contributed by atoms with E-state index in [0.29, 0.717) is 40.1 Å². The van der Waals surface area contributed by atoms with Crippen molar-refractivity contribution in [2.75, 3.05) is 19.5 Å². The lowest BCUT2D eigenvalue weighted by atomic mass is 10.2. The number of rotatable bonds is 8. The first-order chi connectivity index (χ1) is 18.5. The van der Waals surface area contributed by atoms with Gasteiger partial charge in [0.2, 0.25) is 0 Å². The van der Waals surface area contributed by atoms with E-state index in [2.05, 4.69) is 10.4 Å². The molecule has 1 amide bonds. The molecule has 5 aromatic rings. The fraction of sp³-hybridized carbons (Fsp3) is 0.143. The highest BCUT2D eigenvalue weighted by molar-refractivity contribution is 6.10. The first-order valence-electron chi connectivity index (χ1n) is 12.0. The van der Waals surface area contributed by atoms with Crippen LogP contribution in [0, 0.1) is 0 Å². The first kappa shape index (κ1) is 24.6. The van der Waals surface area contributed by atoms with Gasteiger partial charge in [0.15, 0.2) is 17.1 Å². The number of aromatic hydroxyl groups is 1. The van der Waals surface area contributed by atoms with Gasteiger partial charge in [-0.3, -0.25) is 4.79 Å². The summed E-state index contributed by atoms with van der Waals surface area (Å²) in [5, 5.41) is 17.4. The molecule has 3 aromatic carbocycles. The molecule has 38 heavy (non-hydrogen) atoms. The van der Waals surface area contributed by atoms with Crippen LogP contribution in [0.2, 0.25) is 0 Å². The number of phenolic OH excluding ortho intramolecular Hbond substituents is 1. The van der Waals surface area contributed by atoms with Gasteiger partial charge in [0.25, 0.3) is 5.91 Å². The van der Waals surface area contributed by atoms with Gasteiger partial charge in [-0.25, -0.2) is 9.97 Å². The predicted octanol–water partition coefficient (Wildman–Crippen LogP) is 4.09. The molecule has 0 radical (unpaired) electrons. The Morgan fingerprint density at radius 3 is 2.55 bits per heavy atom. The topological polar surface area (TPSA) is 137 Å². The van der Waals surface area contributed by atoms with Crippen molar-refractivity contribution >= 4 is 40.1 Å². The number of nitrogens with two attached hydrogens (primary N) is 1. The number of nitrogens with one attached hydrogen (secondary N) is 1. The monoisotopic (exact) mass is 510 g/mol. The number of aromatic nitrogens is 3. The van der Waals surface area contributed by atoms with Gasteiger partial charge in [0.05, 0.1) is 31.0 Å². The third-order valence-corrected chi connectivity index (χ3v) is 5.92. The van der Waals surface area contributed by atoms with Gasteiger partial charge in [-0.2, -0.15) is 9.78 Å². The molecular formula is C28H26N6O4. The van der Waals surface area contributed by atoms with Crippen molar-refractivity contribution in [1.29, 1.82) is 0 Å². The van der Waals surface area contributed by atoms with Crippen molar-refractivity contribution in [3.63, 3.8) is 0 Å².